The molecule has 1 N–H and O–H groups in total. The SMILES string of the molecule is CCN(C1CC1)S(=O)(=O)c1ccc(F)c(CNC)c1F. The average Bonchev–Trinajstić information content (AvgIpc) is 3.19. The summed E-state index contributed by atoms with van der Waals surface area (Å²) in [6.45, 7) is 1.94. The number of halogens is 2. The Morgan fingerprint density at radius 3 is 2.50 bits per heavy atom. The van der Waals surface area contributed by atoms with Gasteiger partial charge in [-0.25, -0.2) is 17.2 Å². The van der Waals surface area contributed by atoms with Crippen LogP contribution in [0.5, 0.6) is 0 Å². The monoisotopic (exact) mass is 304 g/mol. The van der Waals surface area contributed by atoms with Gasteiger partial charge in [0.15, 0.2) is 5.82 Å². The normalized spacial score (nSPS) is 15.8. The molecule has 0 heterocycles. The molecule has 1 aliphatic rings. The molecule has 0 aromatic heterocycles. The van der Waals surface area contributed by atoms with E-state index in [4.69, 9.17) is 0 Å². The minimum Gasteiger partial charge on any atom is -0.315 e. The Balaban J connectivity index is 2.48. The van der Waals surface area contributed by atoms with Gasteiger partial charge in [-0.15, -0.1) is 0 Å². The lowest BCUT2D eigenvalue weighted by Gasteiger charge is -2.21. The summed E-state index contributed by atoms with van der Waals surface area (Å²) in [5.41, 5.74) is -0.250. The quantitative estimate of drug-likeness (QED) is 0.872. The molecule has 0 spiro atoms. The molecule has 0 bridgehead atoms. The standard InChI is InChI=1S/C13H18F2N2O2S/c1-3-17(9-4-5-9)20(18,19)12-7-6-11(14)10(8-16-2)13(12)15/h6-7,9,16H,3-5,8H2,1-2H3. The molecule has 0 aliphatic heterocycles. The summed E-state index contributed by atoms with van der Waals surface area (Å²) < 4.78 is 54.1. The highest BCUT2D eigenvalue weighted by atomic mass is 32.2. The molecule has 112 valence electrons. The highest BCUT2D eigenvalue weighted by molar-refractivity contribution is 7.89. The largest absolute Gasteiger partial charge is 0.315 e. The molecule has 20 heavy (non-hydrogen) atoms. The molecule has 1 aromatic carbocycles. The van der Waals surface area contributed by atoms with Gasteiger partial charge < -0.3 is 5.32 Å². The van der Waals surface area contributed by atoms with Gasteiger partial charge in [0.2, 0.25) is 10.0 Å². The lowest BCUT2D eigenvalue weighted by atomic mass is 10.2. The molecular weight excluding hydrogens is 286 g/mol. The van der Waals surface area contributed by atoms with Gasteiger partial charge in [-0.1, -0.05) is 6.92 Å². The molecule has 0 amide bonds. The van der Waals surface area contributed by atoms with Crippen LogP contribution in [0.25, 0.3) is 0 Å². The van der Waals surface area contributed by atoms with Crippen molar-refractivity contribution in [3.05, 3.63) is 29.3 Å². The van der Waals surface area contributed by atoms with Crippen LogP contribution < -0.4 is 5.32 Å². The minimum absolute atomic E-state index is 0.0535. The van der Waals surface area contributed by atoms with E-state index in [-0.39, 0.29) is 24.7 Å². The zero-order valence-electron chi connectivity index (χ0n) is 11.5. The van der Waals surface area contributed by atoms with Gasteiger partial charge in [0, 0.05) is 24.7 Å². The topological polar surface area (TPSA) is 49.4 Å². The molecular formula is C13H18F2N2O2S. The van der Waals surface area contributed by atoms with Crippen molar-refractivity contribution in [2.24, 2.45) is 0 Å². The van der Waals surface area contributed by atoms with E-state index in [2.05, 4.69) is 5.32 Å². The van der Waals surface area contributed by atoms with E-state index in [9.17, 15) is 17.2 Å². The first-order chi connectivity index (χ1) is 9.43. The zero-order chi connectivity index (χ0) is 14.9. The molecule has 0 atom stereocenters. The van der Waals surface area contributed by atoms with Crippen LogP contribution in [0.4, 0.5) is 8.78 Å². The van der Waals surface area contributed by atoms with E-state index >= 15 is 0 Å². The number of hydrogen-bond acceptors (Lipinski definition) is 3. The molecule has 1 saturated carbocycles. The summed E-state index contributed by atoms with van der Waals surface area (Å²) >= 11 is 0. The van der Waals surface area contributed by atoms with Gasteiger partial charge in [0.25, 0.3) is 0 Å². The Labute approximate surface area is 117 Å². The summed E-state index contributed by atoms with van der Waals surface area (Å²) in [7, 11) is -2.37. The maximum Gasteiger partial charge on any atom is 0.246 e. The van der Waals surface area contributed by atoms with E-state index in [1.807, 2.05) is 0 Å². The first-order valence-electron chi connectivity index (χ1n) is 6.56. The summed E-state index contributed by atoms with van der Waals surface area (Å²) in [5.74, 6) is -1.75. The highest BCUT2D eigenvalue weighted by Gasteiger charge is 2.38. The molecule has 0 radical (unpaired) electrons. The van der Waals surface area contributed by atoms with Crippen LogP contribution in [0.1, 0.15) is 25.3 Å². The van der Waals surface area contributed by atoms with Gasteiger partial charge >= 0.3 is 0 Å². The third kappa shape index (κ3) is 2.70. The number of nitrogens with zero attached hydrogens (tertiary/aromatic N) is 1. The van der Waals surface area contributed by atoms with E-state index in [0.717, 1.165) is 25.0 Å². The van der Waals surface area contributed by atoms with Crippen molar-refractivity contribution in [3.63, 3.8) is 0 Å². The maximum atomic E-state index is 14.3. The maximum absolute atomic E-state index is 14.3. The van der Waals surface area contributed by atoms with Crippen molar-refractivity contribution in [2.75, 3.05) is 13.6 Å². The molecule has 1 aliphatic carbocycles. The minimum atomic E-state index is -3.91. The van der Waals surface area contributed by atoms with Crippen LogP contribution in [0.15, 0.2) is 17.0 Å². The van der Waals surface area contributed by atoms with Crippen LogP contribution in [0.3, 0.4) is 0 Å². The zero-order valence-corrected chi connectivity index (χ0v) is 12.3. The Morgan fingerprint density at radius 2 is 2.00 bits per heavy atom. The first-order valence-corrected chi connectivity index (χ1v) is 8.00. The second-order valence-electron chi connectivity index (χ2n) is 4.81. The molecule has 7 heteroatoms. The van der Waals surface area contributed by atoms with Crippen LogP contribution in [0.2, 0.25) is 0 Å². The molecule has 0 saturated heterocycles. The van der Waals surface area contributed by atoms with Crippen molar-refractivity contribution in [1.82, 2.24) is 9.62 Å². The number of rotatable bonds is 6. The average molecular weight is 304 g/mol. The van der Waals surface area contributed by atoms with Gasteiger partial charge in [0.1, 0.15) is 10.7 Å². The van der Waals surface area contributed by atoms with E-state index in [1.165, 1.54) is 4.31 Å². The first kappa shape index (κ1) is 15.3. The van der Waals surface area contributed by atoms with Crippen molar-refractivity contribution in [1.29, 1.82) is 0 Å². The van der Waals surface area contributed by atoms with E-state index < -0.39 is 26.6 Å². The third-order valence-corrected chi connectivity index (χ3v) is 5.40. The summed E-state index contributed by atoms with van der Waals surface area (Å²) in [4.78, 5) is -0.446. The van der Waals surface area contributed by atoms with Crippen molar-refractivity contribution < 1.29 is 17.2 Å². The van der Waals surface area contributed by atoms with E-state index in [1.54, 1.807) is 14.0 Å². The lowest BCUT2D eigenvalue weighted by Crippen LogP contribution is -2.33. The summed E-state index contributed by atoms with van der Waals surface area (Å²) in [6, 6.07) is 1.95. The molecule has 0 unspecified atom stereocenters. The number of benzene rings is 1. The van der Waals surface area contributed by atoms with Gasteiger partial charge in [-0.05, 0) is 32.0 Å². The van der Waals surface area contributed by atoms with Crippen LogP contribution in [-0.4, -0.2) is 32.4 Å². The second kappa shape index (κ2) is 5.75. The fourth-order valence-electron chi connectivity index (χ4n) is 2.23. The number of hydrogen-bond donors (Lipinski definition) is 1. The third-order valence-electron chi connectivity index (χ3n) is 3.36. The van der Waals surface area contributed by atoms with Crippen LogP contribution in [-0.2, 0) is 16.6 Å². The number of nitrogens with one attached hydrogen (secondary N) is 1. The van der Waals surface area contributed by atoms with Crippen LogP contribution >= 0.6 is 0 Å². The van der Waals surface area contributed by atoms with Crippen molar-refractivity contribution in [3.8, 4) is 0 Å². The van der Waals surface area contributed by atoms with Gasteiger partial charge in [-0.2, -0.15) is 4.31 Å². The molecule has 1 aromatic rings. The predicted octanol–water partition coefficient (Wildman–Crippen LogP) is 1.86. The highest BCUT2D eigenvalue weighted by Crippen LogP contribution is 2.33. The Kier molecular flexibility index (Phi) is 4.41. The predicted molar refractivity (Wildman–Crippen MR) is 71.7 cm³/mol. The number of sulfonamides is 1. The summed E-state index contributed by atoms with van der Waals surface area (Å²) in [6.07, 6.45) is 1.58. The second-order valence-corrected chi connectivity index (χ2v) is 6.67. The van der Waals surface area contributed by atoms with E-state index in [0.29, 0.717) is 0 Å². The van der Waals surface area contributed by atoms with Crippen molar-refractivity contribution >= 4 is 10.0 Å². The van der Waals surface area contributed by atoms with Crippen molar-refractivity contribution in [2.45, 2.75) is 37.2 Å². The fourth-order valence-corrected chi connectivity index (χ4v) is 4.01. The van der Waals surface area contributed by atoms with Gasteiger partial charge in [0.05, 0.1) is 0 Å². The molecule has 2 rings (SSSR count). The molecule has 1 fully saturated rings. The van der Waals surface area contributed by atoms with Gasteiger partial charge in [-0.3, -0.25) is 0 Å². The Hall–Kier alpha value is -1.05. The smallest absolute Gasteiger partial charge is 0.246 e. The Bertz CT molecular complexity index is 601. The van der Waals surface area contributed by atoms with Crippen LogP contribution in [0, 0.1) is 11.6 Å². The fraction of sp³-hybridized carbons (Fsp3) is 0.538. The Morgan fingerprint density at radius 1 is 1.35 bits per heavy atom. The molecule has 4 nitrogen and oxygen atoms in total. The summed E-state index contributed by atoms with van der Waals surface area (Å²) in [5, 5.41) is 2.63. The lowest BCUT2D eigenvalue weighted by molar-refractivity contribution is 0.415.